The summed E-state index contributed by atoms with van der Waals surface area (Å²) in [4.78, 5) is 28.3. The molecule has 2 aliphatic carbocycles. The second-order valence-corrected chi connectivity index (χ2v) is 15.1. The summed E-state index contributed by atoms with van der Waals surface area (Å²) >= 11 is 6.42. The lowest BCUT2D eigenvalue weighted by Gasteiger charge is -2.46. The number of ether oxygens (including phenoxy) is 2. The Morgan fingerprint density at radius 2 is 2.09 bits per heavy atom. The van der Waals surface area contributed by atoms with Crippen molar-refractivity contribution in [1.29, 1.82) is 0 Å². The average molecular weight is 650 g/mol. The number of amides is 2. The number of fused-ring (bicyclic) bond motifs is 4. The van der Waals surface area contributed by atoms with Crippen LogP contribution in [0.2, 0.25) is 5.02 Å². The first-order valence-corrected chi connectivity index (χ1v) is 17.8. The lowest BCUT2D eigenvalue weighted by atomic mass is 9.68. The molecule has 0 aromatic heterocycles. The van der Waals surface area contributed by atoms with Crippen LogP contribution in [-0.2, 0) is 31.3 Å². The minimum absolute atomic E-state index is 0.0238. The number of carbonyl (C=O) groups excluding carboxylic acids is 2. The first-order valence-electron chi connectivity index (χ1n) is 15.8. The van der Waals surface area contributed by atoms with Crippen molar-refractivity contribution in [3.63, 3.8) is 0 Å². The van der Waals surface area contributed by atoms with E-state index in [4.69, 9.17) is 21.1 Å². The molecule has 1 unspecified atom stereocenters. The van der Waals surface area contributed by atoms with Crippen LogP contribution in [0.4, 0.5) is 5.69 Å². The van der Waals surface area contributed by atoms with E-state index in [2.05, 4.69) is 44.0 Å². The van der Waals surface area contributed by atoms with Gasteiger partial charge in [0.1, 0.15) is 15.7 Å². The van der Waals surface area contributed by atoms with E-state index in [1.807, 2.05) is 24.3 Å². The van der Waals surface area contributed by atoms with E-state index in [-0.39, 0.29) is 17.3 Å². The van der Waals surface area contributed by atoms with E-state index in [0.29, 0.717) is 42.6 Å². The van der Waals surface area contributed by atoms with Crippen LogP contribution in [0.5, 0.6) is 5.75 Å². The van der Waals surface area contributed by atoms with E-state index >= 15 is 0 Å². The smallest absolute Gasteiger partial charge is 0.308 e. The number of nitrogens with zero attached hydrogens (tertiary/aromatic N) is 2. The van der Waals surface area contributed by atoms with Crippen molar-refractivity contribution in [3.8, 4) is 17.6 Å². The lowest BCUT2D eigenvalue weighted by molar-refractivity contribution is -0.114. The van der Waals surface area contributed by atoms with Crippen molar-refractivity contribution in [2.45, 2.75) is 63.4 Å². The van der Waals surface area contributed by atoms with Crippen molar-refractivity contribution < 1.29 is 23.3 Å². The fourth-order valence-electron chi connectivity index (χ4n) is 7.40. The minimum atomic E-state index is -3.41. The van der Waals surface area contributed by atoms with Gasteiger partial charge in [-0.2, -0.15) is 0 Å². The van der Waals surface area contributed by atoms with Gasteiger partial charge in [-0.3, -0.25) is 14.3 Å². The largest absolute Gasteiger partial charge is 0.490 e. The molecule has 1 N–H and O–H groups in total. The summed E-state index contributed by atoms with van der Waals surface area (Å²) in [5.74, 6) is 4.98. The monoisotopic (exact) mass is 649 g/mol. The summed E-state index contributed by atoms with van der Waals surface area (Å²) in [6, 6.07) is 11.5. The molecule has 238 valence electrons. The summed E-state index contributed by atoms with van der Waals surface area (Å²) in [5.41, 5.74) is 3.42. The molecule has 2 aromatic rings. The first kappa shape index (κ1) is 31.7. The Morgan fingerprint density at radius 1 is 1.22 bits per heavy atom. The van der Waals surface area contributed by atoms with Crippen LogP contribution < -0.4 is 14.4 Å². The molecule has 2 heterocycles. The number of halogens is 1. The maximum Gasteiger partial charge on any atom is 0.308 e. The van der Waals surface area contributed by atoms with Crippen LogP contribution in [0, 0.1) is 23.7 Å². The summed E-state index contributed by atoms with van der Waals surface area (Å²) in [7, 11) is -1.66. The molecule has 1 spiro atoms. The number of hydrogen-bond acceptors (Lipinski definition) is 6. The van der Waals surface area contributed by atoms with Gasteiger partial charge in [0.2, 0.25) is 0 Å². The molecule has 2 amide bonds. The number of nitrogens with one attached hydrogen (secondary N) is 1. The third kappa shape index (κ3) is 6.65. The first-order chi connectivity index (χ1) is 21.7. The number of allylic oxidation sites excluding steroid dienone is 1. The quantitative estimate of drug-likeness (QED) is 0.323. The van der Waals surface area contributed by atoms with Crippen LogP contribution >= 0.6 is 11.6 Å². The second-order valence-electron chi connectivity index (χ2n) is 12.6. The van der Waals surface area contributed by atoms with Gasteiger partial charge >= 0.3 is 5.91 Å². The van der Waals surface area contributed by atoms with Crippen LogP contribution in [-0.4, -0.2) is 54.7 Å². The van der Waals surface area contributed by atoms with Gasteiger partial charge in [0, 0.05) is 36.2 Å². The van der Waals surface area contributed by atoms with Crippen molar-refractivity contribution in [2.75, 3.05) is 37.5 Å². The van der Waals surface area contributed by atoms with Gasteiger partial charge in [0.15, 0.2) is 0 Å². The maximum absolute atomic E-state index is 13.8. The number of rotatable bonds is 2. The average Bonchev–Trinajstić information content (AvgIpc) is 3.14. The van der Waals surface area contributed by atoms with Gasteiger partial charge in [-0.1, -0.05) is 35.7 Å². The molecule has 6 rings (SSSR count). The fourth-order valence-corrected chi connectivity index (χ4v) is 9.10. The molecule has 45 heavy (non-hydrogen) atoms. The zero-order valence-electron chi connectivity index (χ0n) is 25.9. The third-order valence-corrected chi connectivity index (χ3v) is 11.8. The number of hydrogen-bond donors (Lipinski definition) is 1. The summed E-state index contributed by atoms with van der Waals surface area (Å²) < 4.78 is 32.9. The Hall–Kier alpha value is -3.32. The molecule has 2 aliphatic heterocycles. The molecule has 1 fully saturated rings. The van der Waals surface area contributed by atoms with Gasteiger partial charge in [-0.25, -0.2) is 4.21 Å². The molecule has 0 radical (unpaired) electrons. The van der Waals surface area contributed by atoms with Crippen molar-refractivity contribution >= 4 is 39.0 Å². The van der Waals surface area contributed by atoms with Crippen LogP contribution in [0.15, 0.2) is 52.9 Å². The van der Waals surface area contributed by atoms with Crippen molar-refractivity contribution in [1.82, 2.24) is 4.72 Å². The highest BCUT2D eigenvalue weighted by Gasteiger charge is 2.44. The Morgan fingerprint density at radius 3 is 2.87 bits per heavy atom. The SMILES string of the molecule is CC#CC(=O)NS1(=O)=NC(=O)c2ccc3c(c2)N(C[C@@H]2CC[C@H]2[C@@H](OC)/C=C/CCC1)C[C@@]1(CCCc2cc(Cl)ccc21)CO3. The highest BCUT2D eigenvalue weighted by atomic mass is 35.5. The second kappa shape index (κ2) is 13.2. The lowest BCUT2D eigenvalue weighted by Crippen LogP contribution is -2.49. The van der Waals surface area contributed by atoms with Gasteiger partial charge in [0.05, 0.1) is 24.2 Å². The summed E-state index contributed by atoms with van der Waals surface area (Å²) in [5, 5.41) is 0.742. The van der Waals surface area contributed by atoms with E-state index < -0.39 is 21.7 Å². The molecule has 8 nitrogen and oxygen atoms in total. The standard InChI is InChI=1S/C35H40ClN3O5S/c1-3-8-33(40)37-45(42)18-6-4-5-10-31(43-2)28-14-11-26(28)21-39-22-35(17-7-9-24-19-27(36)13-15-29(24)35)23-44-32-16-12-25(20-30(32)39)34(41)38-45/h5,10,12-13,15-16,19-20,26,28,31H,4,6-7,9,11,14,17-18,21-23H2,1-2H3,(H,37,38,40,41,42)/b10-5+/t26-,28+,31-,35-,45?/m0/s1. The van der Waals surface area contributed by atoms with Crippen LogP contribution in [0.3, 0.4) is 0 Å². The topological polar surface area (TPSA) is 97.3 Å². The van der Waals surface area contributed by atoms with Crippen LogP contribution in [0.1, 0.15) is 66.9 Å². The van der Waals surface area contributed by atoms with E-state index in [0.717, 1.165) is 55.9 Å². The van der Waals surface area contributed by atoms with Gasteiger partial charge in [-0.15, -0.1) is 4.36 Å². The molecular weight excluding hydrogens is 610 g/mol. The fraction of sp³-hybridized carbons (Fsp3) is 0.486. The molecule has 5 atom stereocenters. The molecule has 2 bridgehead atoms. The van der Waals surface area contributed by atoms with E-state index in [9.17, 15) is 13.8 Å². The molecule has 2 aromatic carbocycles. The summed E-state index contributed by atoms with van der Waals surface area (Å²) in [6.07, 6.45) is 10.4. The molecule has 4 aliphatic rings. The minimum Gasteiger partial charge on any atom is -0.490 e. The molecular formula is C35H40ClN3O5S. The van der Waals surface area contributed by atoms with E-state index in [1.165, 1.54) is 18.1 Å². The maximum atomic E-state index is 13.8. The highest BCUT2D eigenvalue weighted by molar-refractivity contribution is 7.92. The predicted octanol–water partition coefficient (Wildman–Crippen LogP) is 5.87. The Bertz CT molecular complexity index is 1700. The molecule has 10 heteroatoms. The van der Waals surface area contributed by atoms with E-state index in [1.54, 1.807) is 13.2 Å². The zero-order valence-corrected chi connectivity index (χ0v) is 27.4. The number of methoxy groups -OCH3 is 1. The van der Waals surface area contributed by atoms with Crippen molar-refractivity contribution in [2.24, 2.45) is 16.2 Å². The van der Waals surface area contributed by atoms with Gasteiger partial charge in [0.25, 0.3) is 5.91 Å². The number of aryl methyl sites for hydroxylation is 1. The van der Waals surface area contributed by atoms with Crippen molar-refractivity contribution in [3.05, 3.63) is 70.3 Å². The Kier molecular flexibility index (Phi) is 9.28. The number of benzene rings is 2. The van der Waals surface area contributed by atoms with Gasteiger partial charge in [-0.05, 0) is 111 Å². The Labute approximate surface area is 271 Å². The normalized spacial score (nSPS) is 30.2. The summed E-state index contributed by atoms with van der Waals surface area (Å²) in [6.45, 7) is 3.55. The predicted molar refractivity (Wildman–Crippen MR) is 177 cm³/mol. The molecule has 1 saturated carbocycles. The number of carbonyl (C=O) groups is 2. The highest BCUT2D eigenvalue weighted by Crippen LogP contribution is 2.47. The van der Waals surface area contributed by atoms with Gasteiger partial charge < -0.3 is 14.4 Å². The zero-order chi connectivity index (χ0) is 31.6. The number of anilines is 1. The molecule has 0 saturated heterocycles. The van der Waals surface area contributed by atoms with Crippen LogP contribution in [0.25, 0.3) is 0 Å². The Balaban J connectivity index is 1.44. The third-order valence-electron chi connectivity index (χ3n) is 9.75.